The number of methoxy groups -OCH3 is 1. The molecule has 2 amide bonds. The molecule has 5 aromatic rings. The predicted molar refractivity (Wildman–Crippen MR) is 147 cm³/mol. The van der Waals surface area contributed by atoms with Crippen molar-refractivity contribution in [3.63, 3.8) is 0 Å². The maximum absolute atomic E-state index is 12.7. The number of ether oxygens (including phenoxy) is 1. The molecule has 1 aliphatic rings. The third-order valence-electron chi connectivity index (χ3n) is 7.18. The molecule has 3 N–H and O–H groups in total. The van der Waals surface area contributed by atoms with E-state index in [4.69, 9.17) is 0 Å². The van der Waals surface area contributed by atoms with Gasteiger partial charge in [0.15, 0.2) is 0 Å². The van der Waals surface area contributed by atoms with Crippen molar-refractivity contribution in [1.29, 1.82) is 0 Å². The van der Waals surface area contributed by atoms with Crippen molar-refractivity contribution < 1.29 is 14.3 Å². The number of imidazole rings is 1. The van der Waals surface area contributed by atoms with Crippen LogP contribution >= 0.6 is 0 Å². The number of carbonyl (C=O) groups excluding carboxylic acids is 2. The molecule has 0 bridgehead atoms. The number of nitrogens with one attached hydrogen (secondary N) is 3. The first-order valence-corrected chi connectivity index (χ1v) is 12.7. The number of hydrogen-bond donors (Lipinski definition) is 3. The van der Waals surface area contributed by atoms with Crippen molar-refractivity contribution in [2.45, 2.75) is 18.9 Å². The highest BCUT2D eigenvalue weighted by Crippen LogP contribution is 2.33. The molecule has 1 atom stereocenters. The average molecular weight is 523 g/mol. The van der Waals surface area contributed by atoms with Gasteiger partial charge in [0.25, 0.3) is 5.56 Å². The molecule has 0 radical (unpaired) electrons. The van der Waals surface area contributed by atoms with Crippen LogP contribution in [0.15, 0.2) is 71.9 Å². The zero-order valence-corrected chi connectivity index (χ0v) is 21.2. The molecule has 10 nitrogen and oxygen atoms in total. The fraction of sp³-hybridized carbons (Fsp3) is 0.207. The quantitative estimate of drug-likeness (QED) is 0.318. The van der Waals surface area contributed by atoms with E-state index < -0.39 is 6.09 Å². The zero-order valence-electron chi connectivity index (χ0n) is 21.2. The Hall–Kier alpha value is -4.99. The normalized spacial score (nSPS) is 15.1. The molecule has 3 heterocycles. The SMILES string of the molecule is COC(=O)NCC(=O)N1CCC[C@H]1c1ncc(-c2ccc3cc(-c4ccc5nc[nH]c(=O)c5c4)ccc3c2)[nH]1. The van der Waals surface area contributed by atoms with Gasteiger partial charge in [-0.05, 0) is 59.0 Å². The van der Waals surface area contributed by atoms with E-state index in [1.165, 1.54) is 13.4 Å². The first-order valence-electron chi connectivity index (χ1n) is 12.7. The molecule has 0 spiro atoms. The second-order valence-electron chi connectivity index (χ2n) is 9.51. The highest BCUT2D eigenvalue weighted by atomic mass is 16.5. The second-order valence-corrected chi connectivity index (χ2v) is 9.51. The van der Waals surface area contributed by atoms with Crippen LogP contribution in [0.25, 0.3) is 44.1 Å². The van der Waals surface area contributed by atoms with Gasteiger partial charge in [0, 0.05) is 12.1 Å². The molecule has 39 heavy (non-hydrogen) atoms. The van der Waals surface area contributed by atoms with Crippen LogP contribution < -0.4 is 10.9 Å². The van der Waals surface area contributed by atoms with Gasteiger partial charge in [-0.3, -0.25) is 9.59 Å². The van der Waals surface area contributed by atoms with Gasteiger partial charge in [0.05, 0.1) is 42.3 Å². The smallest absolute Gasteiger partial charge is 0.407 e. The van der Waals surface area contributed by atoms with Crippen molar-refractivity contribution in [3.05, 3.63) is 83.3 Å². The topological polar surface area (TPSA) is 133 Å². The van der Waals surface area contributed by atoms with Crippen LogP contribution in [0.2, 0.25) is 0 Å². The summed E-state index contributed by atoms with van der Waals surface area (Å²) in [5, 5.41) is 5.15. The molecular weight excluding hydrogens is 496 g/mol. The Bertz CT molecular complexity index is 1780. The lowest BCUT2D eigenvalue weighted by Gasteiger charge is -2.23. The Morgan fingerprint density at radius 3 is 2.59 bits per heavy atom. The molecular formula is C29H26N6O4. The van der Waals surface area contributed by atoms with Crippen LogP contribution in [0.1, 0.15) is 24.7 Å². The number of carbonyl (C=O) groups is 2. The van der Waals surface area contributed by atoms with Gasteiger partial charge in [0.1, 0.15) is 12.4 Å². The Morgan fingerprint density at radius 1 is 1.03 bits per heavy atom. The fourth-order valence-electron chi connectivity index (χ4n) is 5.16. The van der Waals surface area contributed by atoms with Gasteiger partial charge in [-0.25, -0.2) is 14.8 Å². The van der Waals surface area contributed by atoms with Crippen molar-refractivity contribution in [2.75, 3.05) is 20.2 Å². The molecule has 0 aliphatic carbocycles. The molecule has 3 aromatic carbocycles. The number of alkyl carbamates (subject to hydrolysis) is 1. The average Bonchev–Trinajstić information content (AvgIpc) is 3.65. The molecule has 2 aromatic heterocycles. The first-order chi connectivity index (χ1) is 19.0. The minimum atomic E-state index is -0.632. The van der Waals surface area contributed by atoms with E-state index in [0.717, 1.165) is 51.8 Å². The standard InChI is InChI=1S/C29H26N6O4/c1-39-29(38)31-15-26(36)35-10-2-3-25(35)27-30-14-24(34-27)21-7-6-17-11-18(4-5-19(17)12-21)20-8-9-23-22(13-20)28(37)33-16-32-23/h4-9,11-14,16,25H,2-3,10,15H2,1H3,(H,30,34)(H,31,38)(H,32,33,37)/t25-/m0/s1. The number of amides is 2. The predicted octanol–water partition coefficient (Wildman–Crippen LogP) is 4.15. The number of fused-ring (bicyclic) bond motifs is 2. The Kier molecular flexibility index (Phi) is 6.28. The van der Waals surface area contributed by atoms with Gasteiger partial charge >= 0.3 is 6.09 Å². The lowest BCUT2D eigenvalue weighted by atomic mass is 9.98. The van der Waals surface area contributed by atoms with Gasteiger partial charge < -0.3 is 24.9 Å². The number of benzene rings is 3. The van der Waals surface area contributed by atoms with Crippen LogP contribution in [0.5, 0.6) is 0 Å². The summed E-state index contributed by atoms with van der Waals surface area (Å²) in [4.78, 5) is 52.8. The van der Waals surface area contributed by atoms with E-state index in [1.54, 1.807) is 11.1 Å². The first kappa shape index (κ1) is 24.4. The molecule has 0 saturated carbocycles. The Labute approximate surface area is 223 Å². The number of likely N-dealkylation sites (tertiary alicyclic amines) is 1. The van der Waals surface area contributed by atoms with E-state index in [-0.39, 0.29) is 24.1 Å². The largest absolute Gasteiger partial charge is 0.453 e. The zero-order chi connectivity index (χ0) is 26.9. The van der Waals surface area contributed by atoms with Crippen molar-refractivity contribution in [3.8, 4) is 22.4 Å². The van der Waals surface area contributed by atoms with E-state index in [2.05, 4.69) is 54.3 Å². The molecule has 10 heteroatoms. The summed E-state index contributed by atoms with van der Waals surface area (Å²) >= 11 is 0. The highest BCUT2D eigenvalue weighted by Gasteiger charge is 2.32. The van der Waals surface area contributed by atoms with Crippen LogP contribution in [-0.4, -0.2) is 57.0 Å². The number of H-pyrrole nitrogens is 2. The summed E-state index contributed by atoms with van der Waals surface area (Å²) in [6, 6.07) is 17.9. The van der Waals surface area contributed by atoms with Gasteiger partial charge in [-0.1, -0.05) is 30.3 Å². The summed E-state index contributed by atoms with van der Waals surface area (Å²) < 4.78 is 4.55. The fourth-order valence-corrected chi connectivity index (χ4v) is 5.16. The summed E-state index contributed by atoms with van der Waals surface area (Å²) in [6.45, 7) is 0.499. The minimum absolute atomic E-state index is 0.115. The monoisotopic (exact) mass is 522 g/mol. The van der Waals surface area contributed by atoms with E-state index in [9.17, 15) is 14.4 Å². The van der Waals surface area contributed by atoms with Crippen LogP contribution in [0, 0.1) is 0 Å². The number of nitrogens with zero attached hydrogens (tertiary/aromatic N) is 3. The van der Waals surface area contributed by atoms with E-state index in [0.29, 0.717) is 17.4 Å². The number of aromatic nitrogens is 4. The number of aromatic amines is 2. The summed E-state index contributed by atoms with van der Waals surface area (Å²) in [5.41, 5.74) is 4.31. The van der Waals surface area contributed by atoms with Crippen LogP contribution in [0.4, 0.5) is 4.79 Å². The lowest BCUT2D eigenvalue weighted by molar-refractivity contribution is -0.131. The van der Waals surface area contributed by atoms with Crippen molar-refractivity contribution in [2.24, 2.45) is 0 Å². The van der Waals surface area contributed by atoms with Gasteiger partial charge in [0.2, 0.25) is 5.91 Å². The number of rotatable bonds is 5. The Balaban J connectivity index is 1.23. The maximum atomic E-state index is 12.7. The maximum Gasteiger partial charge on any atom is 0.407 e. The molecule has 1 fully saturated rings. The van der Waals surface area contributed by atoms with E-state index >= 15 is 0 Å². The molecule has 0 unspecified atom stereocenters. The summed E-state index contributed by atoms with van der Waals surface area (Å²) in [5.74, 6) is 0.555. The molecule has 1 aliphatic heterocycles. The van der Waals surface area contributed by atoms with Crippen molar-refractivity contribution >= 4 is 33.7 Å². The minimum Gasteiger partial charge on any atom is -0.453 e. The van der Waals surface area contributed by atoms with Crippen LogP contribution in [-0.2, 0) is 9.53 Å². The van der Waals surface area contributed by atoms with Crippen molar-refractivity contribution in [1.82, 2.24) is 30.2 Å². The second kappa shape index (κ2) is 10.1. The van der Waals surface area contributed by atoms with Gasteiger partial charge in [-0.2, -0.15) is 0 Å². The highest BCUT2D eigenvalue weighted by molar-refractivity contribution is 5.92. The molecule has 1 saturated heterocycles. The number of hydrogen-bond acceptors (Lipinski definition) is 6. The third kappa shape index (κ3) is 4.72. The van der Waals surface area contributed by atoms with Crippen LogP contribution in [0.3, 0.4) is 0 Å². The van der Waals surface area contributed by atoms with Gasteiger partial charge in [-0.15, -0.1) is 0 Å². The summed E-state index contributed by atoms with van der Waals surface area (Å²) in [6.07, 6.45) is 4.24. The summed E-state index contributed by atoms with van der Waals surface area (Å²) in [7, 11) is 1.26. The third-order valence-corrected chi connectivity index (χ3v) is 7.18. The Morgan fingerprint density at radius 2 is 1.77 bits per heavy atom. The molecule has 6 rings (SSSR count). The molecule has 196 valence electrons. The lowest BCUT2D eigenvalue weighted by Crippen LogP contribution is -2.40. The van der Waals surface area contributed by atoms with E-state index in [1.807, 2.05) is 30.3 Å².